The SMILES string of the molecule is CC(C)Oc1cncc(-c2ccc3[nH]cc(-c4nnc(N5CCCC5)o4)c3c2)n1. The van der Waals surface area contributed by atoms with E-state index in [1.165, 1.54) is 0 Å². The maximum atomic E-state index is 5.96. The largest absolute Gasteiger partial charge is 0.474 e. The van der Waals surface area contributed by atoms with Gasteiger partial charge in [0.2, 0.25) is 5.88 Å². The van der Waals surface area contributed by atoms with Crippen molar-refractivity contribution in [3.8, 4) is 28.6 Å². The van der Waals surface area contributed by atoms with Gasteiger partial charge in [-0.15, -0.1) is 5.10 Å². The van der Waals surface area contributed by atoms with Crippen molar-refractivity contribution >= 4 is 16.9 Å². The van der Waals surface area contributed by atoms with Crippen LogP contribution in [0.25, 0.3) is 33.6 Å². The molecule has 0 spiro atoms. The van der Waals surface area contributed by atoms with E-state index in [1.54, 1.807) is 12.4 Å². The minimum absolute atomic E-state index is 0.0423. The van der Waals surface area contributed by atoms with Crippen molar-refractivity contribution in [2.45, 2.75) is 32.8 Å². The Kier molecular flexibility index (Phi) is 4.38. The van der Waals surface area contributed by atoms with Gasteiger partial charge in [-0.05, 0) is 38.8 Å². The molecule has 1 aromatic carbocycles. The molecule has 8 heteroatoms. The van der Waals surface area contributed by atoms with Crippen molar-refractivity contribution < 1.29 is 9.15 Å². The van der Waals surface area contributed by atoms with Crippen LogP contribution in [0.2, 0.25) is 0 Å². The fourth-order valence-corrected chi connectivity index (χ4v) is 3.60. The van der Waals surface area contributed by atoms with Crippen LogP contribution in [0.4, 0.5) is 6.01 Å². The minimum Gasteiger partial charge on any atom is -0.474 e. The first-order valence-corrected chi connectivity index (χ1v) is 9.86. The predicted octanol–water partition coefficient (Wildman–Crippen LogP) is 4.06. The molecule has 1 fully saturated rings. The zero-order chi connectivity index (χ0) is 19.8. The van der Waals surface area contributed by atoms with Crippen LogP contribution in [-0.4, -0.2) is 44.3 Å². The lowest BCUT2D eigenvalue weighted by atomic mass is 10.1. The third kappa shape index (κ3) is 3.41. The lowest BCUT2D eigenvalue weighted by Crippen LogP contribution is -2.17. The third-order valence-corrected chi connectivity index (χ3v) is 4.97. The van der Waals surface area contributed by atoms with E-state index in [4.69, 9.17) is 9.15 Å². The van der Waals surface area contributed by atoms with Gasteiger partial charge >= 0.3 is 6.01 Å². The van der Waals surface area contributed by atoms with E-state index in [9.17, 15) is 0 Å². The molecule has 0 aliphatic carbocycles. The van der Waals surface area contributed by atoms with Gasteiger partial charge in [-0.2, -0.15) is 0 Å². The van der Waals surface area contributed by atoms with E-state index in [0.717, 1.165) is 53.7 Å². The van der Waals surface area contributed by atoms with E-state index in [0.29, 0.717) is 17.8 Å². The van der Waals surface area contributed by atoms with Gasteiger partial charge in [0.1, 0.15) is 0 Å². The summed E-state index contributed by atoms with van der Waals surface area (Å²) >= 11 is 0. The summed E-state index contributed by atoms with van der Waals surface area (Å²) < 4.78 is 11.6. The molecule has 0 amide bonds. The number of benzene rings is 1. The van der Waals surface area contributed by atoms with Gasteiger partial charge in [-0.25, -0.2) is 4.98 Å². The normalized spacial score (nSPS) is 14.2. The first-order valence-electron chi connectivity index (χ1n) is 9.86. The number of nitrogens with one attached hydrogen (secondary N) is 1. The molecular formula is C21H22N6O2. The Hall–Kier alpha value is -3.42. The molecule has 0 radical (unpaired) electrons. The second-order valence-corrected chi connectivity index (χ2v) is 7.46. The highest BCUT2D eigenvalue weighted by atomic mass is 16.5. The van der Waals surface area contributed by atoms with E-state index < -0.39 is 0 Å². The van der Waals surface area contributed by atoms with Crippen LogP contribution < -0.4 is 9.64 Å². The zero-order valence-electron chi connectivity index (χ0n) is 16.4. The molecule has 1 aliphatic heterocycles. The van der Waals surface area contributed by atoms with Crippen LogP contribution in [-0.2, 0) is 0 Å². The first kappa shape index (κ1) is 17.7. The average Bonchev–Trinajstić information content (AvgIpc) is 3.46. The number of fused-ring (bicyclic) bond motifs is 1. The van der Waals surface area contributed by atoms with Gasteiger partial charge < -0.3 is 19.0 Å². The highest BCUT2D eigenvalue weighted by Gasteiger charge is 2.20. The van der Waals surface area contributed by atoms with Crippen LogP contribution in [0.1, 0.15) is 26.7 Å². The number of aromatic amines is 1. The standard InChI is InChI=1S/C21H22N6O2/c1-13(2)28-19-12-22-11-18(24-19)14-5-6-17-15(9-14)16(10-23-17)20-25-26-21(29-20)27-7-3-4-8-27/h5-6,9-13,23H,3-4,7-8H2,1-2H3. The van der Waals surface area contributed by atoms with Crippen molar-refractivity contribution in [3.63, 3.8) is 0 Å². The maximum absolute atomic E-state index is 5.96. The van der Waals surface area contributed by atoms with Crippen molar-refractivity contribution in [2.75, 3.05) is 18.0 Å². The number of rotatable bonds is 5. The Morgan fingerprint density at radius 3 is 2.83 bits per heavy atom. The number of anilines is 1. The van der Waals surface area contributed by atoms with Crippen LogP contribution in [0.3, 0.4) is 0 Å². The molecule has 3 aromatic heterocycles. The number of H-pyrrole nitrogens is 1. The molecular weight excluding hydrogens is 368 g/mol. The molecule has 8 nitrogen and oxygen atoms in total. The van der Waals surface area contributed by atoms with Crippen molar-refractivity contribution in [2.24, 2.45) is 0 Å². The number of hydrogen-bond donors (Lipinski definition) is 1. The summed E-state index contributed by atoms with van der Waals surface area (Å²) in [5.41, 5.74) is 3.56. The summed E-state index contributed by atoms with van der Waals surface area (Å²) in [5.74, 6) is 1.03. The summed E-state index contributed by atoms with van der Waals surface area (Å²) in [6, 6.07) is 6.68. The monoisotopic (exact) mass is 390 g/mol. The Bertz CT molecular complexity index is 1140. The summed E-state index contributed by atoms with van der Waals surface area (Å²) in [6.07, 6.45) is 7.63. The smallest absolute Gasteiger partial charge is 0.318 e. The number of nitrogens with zero attached hydrogens (tertiary/aromatic N) is 5. The zero-order valence-corrected chi connectivity index (χ0v) is 16.4. The molecule has 148 valence electrons. The predicted molar refractivity (Wildman–Crippen MR) is 110 cm³/mol. The first-order chi connectivity index (χ1) is 14.2. The summed E-state index contributed by atoms with van der Waals surface area (Å²) in [5, 5.41) is 9.51. The lowest BCUT2D eigenvalue weighted by Gasteiger charge is -2.09. The van der Waals surface area contributed by atoms with Gasteiger partial charge in [0.25, 0.3) is 5.89 Å². The van der Waals surface area contributed by atoms with Crippen LogP contribution in [0, 0.1) is 0 Å². The molecule has 4 aromatic rings. The molecule has 0 unspecified atom stereocenters. The number of hydrogen-bond acceptors (Lipinski definition) is 7. The molecule has 0 atom stereocenters. The van der Waals surface area contributed by atoms with Crippen LogP contribution in [0.15, 0.2) is 41.2 Å². The molecule has 1 aliphatic rings. The summed E-state index contributed by atoms with van der Waals surface area (Å²) in [7, 11) is 0. The minimum atomic E-state index is 0.0423. The molecule has 29 heavy (non-hydrogen) atoms. The Balaban J connectivity index is 1.51. The molecule has 0 saturated carbocycles. The van der Waals surface area contributed by atoms with E-state index in [-0.39, 0.29) is 6.10 Å². The molecule has 5 rings (SSSR count). The van der Waals surface area contributed by atoms with E-state index in [2.05, 4.69) is 36.1 Å². The fraction of sp³-hybridized carbons (Fsp3) is 0.333. The van der Waals surface area contributed by atoms with Gasteiger partial charge in [-0.1, -0.05) is 11.2 Å². The highest BCUT2D eigenvalue weighted by molar-refractivity contribution is 5.96. The van der Waals surface area contributed by atoms with Crippen LogP contribution in [0.5, 0.6) is 5.88 Å². The van der Waals surface area contributed by atoms with Crippen molar-refractivity contribution in [1.82, 2.24) is 25.1 Å². The number of ether oxygens (including phenoxy) is 1. The Labute approximate surface area is 167 Å². The van der Waals surface area contributed by atoms with Gasteiger partial charge in [-0.3, -0.25) is 4.98 Å². The summed E-state index contributed by atoms with van der Waals surface area (Å²) in [6.45, 7) is 5.86. The lowest BCUT2D eigenvalue weighted by molar-refractivity contribution is 0.232. The average molecular weight is 390 g/mol. The maximum Gasteiger partial charge on any atom is 0.318 e. The quantitative estimate of drug-likeness (QED) is 0.549. The van der Waals surface area contributed by atoms with Crippen LogP contribution >= 0.6 is 0 Å². The second-order valence-electron chi connectivity index (χ2n) is 7.46. The van der Waals surface area contributed by atoms with Crippen molar-refractivity contribution in [1.29, 1.82) is 0 Å². The molecule has 0 bridgehead atoms. The summed E-state index contributed by atoms with van der Waals surface area (Å²) in [4.78, 5) is 14.3. The molecule has 1 N–H and O–H groups in total. The third-order valence-electron chi connectivity index (χ3n) is 4.97. The van der Waals surface area contributed by atoms with Crippen molar-refractivity contribution in [3.05, 3.63) is 36.8 Å². The molecule has 4 heterocycles. The van der Waals surface area contributed by atoms with Gasteiger partial charge in [0.15, 0.2) is 0 Å². The highest BCUT2D eigenvalue weighted by Crippen LogP contribution is 2.32. The second kappa shape index (κ2) is 7.20. The van der Waals surface area contributed by atoms with E-state index >= 15 is 0 Å². The Morgan fingerprint density at radius 1 is 1.14 bits per heavy atom. The number of aromatic nitrogens is 5. The molecule has 1 saturated heterocycles. The Morgan fingerprint density at radius 2 is 2.00 bits per heavy atom. The van der Waals surface area contributed by atoms with E-state index in [1.807, 2.05) is 32.2 Å². The van der Waals surface area contributed by atoms with Gasteiger partial charge in [0.05, 0.1) is 29.8 Å². The topological polar surface area (TPSA) is 93.0 Å². The van der Waals surface area contributed by atoms with Gasteiger partial charge in [0, 0.05) is 35.8 Å². The fourth-order valence-electron chi connectivity index (χ4n) is 3.60.